The van der Waals surface area contributed by atoms with Gasteiger partial charge in [0.05, 0.1) is 0 Å². The molecule has 0 aliphatic rings. The maximum Gasteiger partial charge on any atom is 0.0339 e. The number of hydrogen-bond acceptors (Lipinski definition) is 0. The van der Waals surface area contributed by atoms with E-state index in [9.17, 15) is 0 Å². The summed E-state index contributed by atoms with van der Waals surface area (Å²) in [5.41, 5.74) is 0. The van der Waals surface area contributed by atoms with Crippen LogP contribution in [0.2, 0.25) is 18.1 Å². The maximum atomic E-state index is 4.38. The lowest BCUT2D eigenvalue weighted by molar-refractivity contribution is 0.581. The molecule has 0 unspecified atom stereocenters. The molecule has 0 nitrogen and oxygen atoms in total. The number of hydrogen-bond donors (Lipinski definition) is 0. The quantitative estimate of drug-likeness (QED) is 0.0729. The molecular formula is C30H63Si3. The zero-order valence-corrected chi connectivity index (χ0v) is 26.6. The molecule has 0 spiro atoms. The van der Waals surface area contributed by atoms with Crippen LogP contribution in [-0.4, -0.2) is 25.9 Å². The van der Waals surface area contributed by atoms with E-state index in [0.29, 0.717) is 0 Å². The summed E-state index contributed by atoms with van der Waals surface area (Å²) in [4.78, 5) is 0. The van der Waals surface area contributed by atoms with Crippen molar-refractivity contribution in [1.82, 2.24) is 0 Å². The fourth-order valence-corrected chi connectivity index (χ4v) is 15.4. The highest BCUT2D eigenvalue weighted by atomic mass is 29.6. The van der Waals surface area contributed by atoms with E-state index < -0.39 is 0 Å². The van der Waals surface area contributed by atoms with Gasteiger partial charge < -0.3 is 0 Å². The Labute approximate surface area is 218 Å². The standard InChI is InChI=1S/C30H63Si3/c1-4-7-10-13-16-19-22-25-28-32(29-26-23-20-17-14-11-8-5-2)33(31)30-27-24-21-18-15-12-9-6-3/h4-30H2,1-3H3. The van der Waals surface area contributed by atoms with E-state index in [0.717, 1.165) is 0 Å². The van der Waals surface area contributed by atoms with Crippen LogP contribution in [-0.2, 0) is 0 Å². The van der Waals surface area contributed by atoms with Crippen molar-refractivity contribution in [1.29, 1.82) is 0 Å². The Hall–Kier alpha value is 0.651. The molecule has 0 aromatic carbocycles. The van der Waals surface area contributed by atoms with Crippen molar-refractivity contribution in [2.45, 2.75) is 193 Å². The van der Waals surface area contributed by atoms with Gasteiger partial charge in [-0.3, -0.25) is 0 Å². The van der Waals surface area contributed by atoms with Crippen LogP contribution in [0.3, 0.4) is 0 Å². The lowest BCUT2D eigenvalue weighted by Gasteiger charge is -2.21. The summed E-state index contributed by atoms with van der Waals surface area (Å²) < 4.78 is 0. The average molecular weight is 508 g/mol. The van der Waals surface area contributed by atoms with Crippen LogP contribution in [0.1, 0.15) is 175 Å². The van der Waals surface area contributed by atoms with Crippen molar-refractivity contribution >= 4 is 25.9 Å². The normalized spacial score (nSPS) is 11.8. The third-order valence-corrected chi connectivity index (χ3v) is 19.7. The maximum absolute atomic E-state index is 4.38. The summed E-state index contributed by atoms with van der Waals surface area (Å²) in [6.07, 6.45) is 35.3. The summed E-state index contributed by atoms with van der Waals surface area (Å²) in [6, 6.07) is 4.79. The highest BCUT2D eigenvalue weighted by molar-refractivity contribution is 7.41. The Morgan fingerprint density at radius 2 is 0.576 bits per heavy atom. The van der Waals surface area contributed by atoms with Crippen molar-refractivity contribution in [3.63, 3.8) is 0 Å². The molecular weight excluding hydrogens is 445 g/mol. The molecule has 0 N–H and O–H groups in total. The lowest BCUT2D eigenvalue weighted by Crippen LogP contribution is -2.36. The van der Waals surface area contributed by atoms with Crippen LogP contribution in [0.25, 0.3) is 0 Å². The van der Waals surface area contributed by atoms with Crippen molar-refractivity contribution in [3.8, 4) is 0 Å². The second-order valence-electron chi connectivity index (χ2n) is 10.8. The van der Waals surface area contributed by atoms with Crippen LogP contribution in [0.5, 0.6) is 0 Å². The van der Waals surface area contributed by atoms with E-state index >= 15 is 0 Å². The minimum absolute atomic E-state index is 0.113. The molecule has 3 heteroatoms. The van der Waals surface area contributed by atoms with Crippen molar-refractivity contribution in [2.75, 3.05) is 0 Å². The molecule has 33 heavy (non-hydrogen) atoms. The first-order valence-electron chi connectivity index (χ1n) is 15.7. The first-order valence-corrected chi connectivity index (χ1v) is 21.8. The molecule has 0 saturated heterocycles. The molecule has 0 fully saturated rings. The first kappa shape index (κ1) is 33.7. The van der Waals surface area contributed by atoms with Gasteiger partial charge in [-0.25, -0.2) is 0 Å². The van der Waals surface area contributed by atoms with E-state index in [4.69, 9.17) is 0 Å². The fraction of sp³-hybridized carbons (Fsp3) is 1.00. The first-order chi connectivity index (χ1) is 16.3. The average Bonchev–Trinajstić information content (AvgIpc) is 2.82. The lowest BCUT2D eigenvalue weighted by atomic mass is 10.1. The largest absolute Gasteiger partial charge is 0.0654 e. The molecule has 5 radical (unpaired) electrons. The Bertz CT molecular complexity index is 327. The minimum atomic E-state index is -0.230. The third-order valence-electron chi connectivity index (χ3n) is 7.37. The van der Waals surface area contributed by atoms with Crippen molar-refractivity contribution in [2.24, 2.45) is 0 Å². The van der Waals surface area contributed by atoms with Gasteiger partial charge in [0.1, 0.15) is 0 Å². The van der Waals surface area contributed by atoms with Gasteiger partial charge in [0, 0.05) is 25.9 Å². The van der Waals surface area contributed by atoms with Gasteiger partial charge >= 0.3 is 0 Å². The molecule has 0 aromatic heterocycles. The Balaban J connectivity index is 4.03. The van der Waals surface area contributed by atoms with Gasteiger partial charge in [-0.05, 0) is 0 Å². The van der Waals surface area contributed by atoms with Gasteiger partial charge in [0.25, 0.3) is 0 Å². The third kappa shape index (κ3) is 25.5. The van der Waals surface area contributed by atoms with Gasteiger partial charge in [-0.15, -0.1) is 0 Å². The van der Waals surface area contributed by atoms with Crippen LogP contribution >= 0.6 is 0 Å². The van der Waals surface area contributed by atoms with Crippen LogP contribution in [0.15, 0.2) is 0 Å². The van der Waals surface area contributed by atoms with E-state index in [1.54, 1.807) is 18.1 Å². The monoisotopic (exact) mass is 507 g/mol. The topological polar surface area (TPSA) is 0 Å². The highest BCUT2D eigenvalue weighted by Crippen LogP contribution is 2.19. The SMILES string of the molecule is CCCCCCCCCC[Si]([Si])[Si](CCCCCCCCCC)CCCCCCCCCC. The van der Waals surface area contributed by atoms with Gasteiger partial charge in [0.2, 0.25) is 0 Å². The number of unbranched alkanes of at least 4 members (excludes halogenated alkanes) is 21. The molecule has 0 amide bonds. The van der Waals surface area contributed by atoms with Gasteiger partial charge in [0.15, 0.2) is 0 Å². The molecule has 0 bridgehead atoms. The fourth-order valence-electron chi connectivity index (χ4n) is 4.98. The molecule has 0 saturated carbocycles. The second-order valence-corrected chi connectivity index (χ2v) is 21.7. The molecule has 0 rings (SSSR count). The predicted octanol–water partition coefficient (Wildman–Crippen LogP) is 11.1. The van der Waals surface area contributed by atoms with Crippen LogP contribution < -0.4 is 0 Å². The molecule has 0 aliphatic heterocycles. The van der Waals surface area contributed by atoms with Crippen molar-refractivity contribution in [3.05, 3.63) is 0 Å². The zero-order valence-electron chi connectivity index (χ0n) is 23.6. The van der Waals surface area contributed by atoms with Gasteiger partial charge in [-0.1, -0.05) is 193 Å². The van der Waals surface area contributed by atoms with Crippen LogP contribution in [0.4, 0.5) is 0 Å². The van der Waals surface area contributed by atoms with E-state index in [2.05, 4.69) is 30.5 Å². The summed E-state index contributed by atoms with van der Waals surface area (Å²) in [7, 11) is 4.03. The highest BCUT2D eigenvalue weighted by Gasteiger charge is 2.19. The molecule has 0 atom stereocenters. The van der Waals surface area contributed by atoms with Crippen LogP contribution in [0, 0.1) is 0 Å². The smallest absolute Gasteiger partial charge is 0.0339 e. The molecule has 0 aromatic rings. The Morgan fingerprint density at radius 3 is 0.879 bits per heavy atom. The zero-order chi connectivity index (χ0) is 24.2. The summed E-state index contributed by atoms with van der Waals surface area (Å²) in [5, 5.41) is 0. The minimum Gasteiger partial charge on any atom is -0.0654 e. The summed E-state index contributed by atoms with van der Waals surface area (Å²) >= 11 is 0. The van der Waals surface area contributed by atoms with Gasteiger partial charge in [-0.2, -0.15) is 0 Å². The molecule has 0 heterocycles. The number of rotatable bonds is 28. The summed E-state index contributed by atoms with van der Waals surface area (Å²) in [6.45, 7) is 6.96. The van der Waals surface area contributed by atoms with Crippen molar-refractivity contribution < 1.29 is 0 Å². The van der Waals surface area contributed by atoms with E-state index in [1.165, 1.54) is 154 Å². The summed E-state index contributed by atoms with van der Waals surface area (Å²) in [5.74, 6) is 0. The second kappa shape index (κ2) is 28.9. The van der Waals surface area contributed by atoms with E-state index in [1.807, 2.05) is 0 Å². The Morgan fingerprint density at radius 1 is 0.333 bits per heavy atom. The predicted molar refractivity (Wildman–Crippen MR) is 160 cm³/mol. The molecule has 195 valence electrons. The molecule has 0 aliphatic carbocycles. The Kier molecular flexibility index (Phi) is 29.5. The van der Waals surface area contributed by atoms with E-state index in [-0.39, 0.29) is 16.1 Å².